The first-order chi connectivity index (χ1) is 17.5. The predicted octanol–water partition coefficient (Wildman–Crippen LogP) is 5.63. The number of unbranched alkanes of at least 4 members (excludes halogenated alkanes) is 1. The van der Waals surface area contributed by atoms with Crippen molar-refractivity contribution in [2.45, 2.75) is 72.0 Å². The Labute approximate surface area is 227 Å². The highest BCUT2D eigenvalue weighted by Crippen LogP contribution is 2.18. The minimum atomic E-state index is -1.02. The van der Waals surface area contributed by atoms with Gasteiger partial charge in [-0.15, -0.1) is 0 Å². The summed E-state index contributed by atoms with van der Waals surface area (Å²) in [6.07, 6.45) is 2.09. The topological polar surface area (TPSA) is 89.9 Å². The fraction of sp³-hybridized carbons (Fsp3) is 0.500. The number of aryl methyl sites for hydroxylation is 1. The Morgan fingerprint density at radius 1 is 0.892 bits per heavy atom. The highest BCUT2D eigenvalue weighted by molar-refractivity contribution is 9.10. The number of benzene rings is 2. The van der Waals surface area contributed by atoms with Gasteiger partial charge in [-0.1, -0.05) is 49.5 Å². The van der Waals surface area contributed by atoms with Gasteiger partial charge < -0.3 is 20.4 Å². The van der Waals surface area contributed by atoms with Gasteiger partial charge in [-0.05, 0) is 62.1 Å². The Kier molecular flexibility index (Phi) is 15.2. The van der Waals surface area contributed by atoms with Gasteiger partial charge in [0.2, 0.25) is 0 Å². The highest BCUT2D eigenvalue weighted by atomic mass is 79.9. The fourth-order valence-electron chi connectivity index (χ4n) is 3.61. The van der Waals surface area contributed by atoms with Crippen LogP contribution < -0.4 is 5.32 Å². The van der Waals surface area contributed by atoms with Gasteiger partial charge in [-0.2, -0.15) is 0 Å². The third-order valence-electron chi connectivity index (χ3n) is 5.46. The monoisotopic (exact) mass is 584 g/mol. The van der Waals surface area contributed by atoms with E-state index in [-0.39, 0.29) is 12.5 Å². The number of aliphatic hydroxyl groups is 2. The zero-order valence-electron chi connectivity index (χ0n) is 22.1. The molecular weight excluding hydrogens is 546 g/mol. The number of nitrogens with zero attached hydrogens (tertiary/aromatic N) is 1. The summed E-state index contributed by atoms with van der Waals surface area (Å²) in [6.45, 7) is 9.00. The van der Waals surface area contributed by atoms with Crippen molar-refractivity contribution in [1.82, 2.24) is 10.2 Å². The van der Waals surface area contributed by atoms with Gasteiger partial charge in [-0.25, -0.2) is 8.78 Å². The van der Waals surface area contributed by atoms with Crippen LogP contribution >= 0.6 is 15.9 Å². The summed E-state index contributed by atoms with van der Waals surface area (Å²) in [4.78, 5) is 27.1. The Balaban J connectivity index is 0.000000635. The third-order valence-corrected chi connectivity index (χ3v) is 5.92. The lowest BCUT2D eigenvalue weighted by Crippen LogP contribution is -2.39. The smallest absolute Gasteiger partial charge is 0.253 e. The fourth-order valence-corrected chi connectivity index (χ4v) is 4.11. The highest BCUT2D eigenvalue weighted by Gasteiger charge is 2.20. The number of aliphatic hydroxyl groups excluding tert-OH is 2. The van der Waals surface area contributed by atoms with E-state index in [1.807, 2.05) is 20.8 Å². The number of rotatable bonds is 12. The molecular formula is C28H39BrF2N2O4. The second-order valence-corrected chi connectivity index (χ2v) is 9.87. The SMILES string of the molecule is CCCCC(O)C(O)CNC(=O)c1cc(Br)cc(C(=O)N(CCC)CCC)c1.Cc1cc(F)cc(F)c1. The van der Waals surface area contributed by atoms with Gasteiger partial charge in [0.15, 0.2) is 0 Å². The van der Waals surface area contributed by atoms with Gasteiger partial charge in [0.25, 0.3) is 11.8 Å². The minimum Gasteiger partial charge on any atom is -0.390 e. The molecule has 3 N–H and O–H groups in total. The van der Waals surface area contributed by atoms with Crippen molar-refractivity contribution in [1.29, 1.82) is 0 Å². The summed E-state index contributed by atoms with van der Waals surface area (Å²) >= 11 is 3.37. The second kappa shape index (κ2) is 17.2. The molecule has 2 unspecified atom stereocenters. The zero-order valence-corrected chi connectivity index (χ0v) is 23.7. The number of nitrogens with one attached hydrogen (secondary N) is 1. The van der Waals surface area contributed by atoms with Crippen molar-refractivity contribution in [3.05, 3.63) is 69.2 Å². The molecule has 6 nitrogen and oxygen atoms in total. The Bertz CT molecular complexity index is 950. The Morgan fingerprint density at radius 2 is 1.46 bits per heavy atom. The van der Waals surface area contributed by atoms with Crippen LogP contribution in [0.4, 0.5) is 8.78 Å². The van der Waals surface area contributed by atoms with Crippen LogP contribution in [0.25, 0.3) is 0 Å². The molecule has 9 heteroatoms. The molecule has 0 bridgehead atoms. The van der Waals surface area contributed by atoms with Crippen molar-refractivity contribution in [3.63, 3.8) is 0 Å². The maximum atomic E-state index is 12.8. The molecule has 0 spiro atoms. The molecule has 0 saturated heterocycles. The molecule has 0 aliphatic heterocycles. The van der Waals surface area contributed by atoms with E-state index in [0.29, 0.717) is 40.7 Å². The molecule has 0 fully saturated rings. The average molecular weight is 586 g/mol. The van der Waals surface area contributed by atoms with Crippen LogP contribution in [0.2, 0.25) is 0 Å². The van der Waals surface area contributed by atoms with E-state index in [9.17, 15) is 28.6 Å². The predicted molar refractivity (Wildman–Crippen MR) is 146 cm³/mol. The summed E-state index contributed by atoms with van der Waals surface area (Å²) in [7, 11) is 0. The van der Waals surface area contributed by atoms with E-state index in [1.165, 1.54) is 12.1 Å². The Morgan fingerprint density at radius 3 is 1.97 bits per heavy atom. The first-order valence-electron chi connectivity index (χ1n) is 12.7. The lowest BCUT2D eigenvalue weighted by Gasteiger charge is -2.22. The number of carbonyl (C=O) groups is 2. The summed E-state index contributed by atoms with van der Waals surface area (Å²) in [6, 6.07) is 8.33. The number of halogens is 3. The lowest BCUT2D eigenvalue weighted by atomic mass is 10.1. The molecule has 2 aromatic carbocycles. The van der Waals surface area contributed by atoms with Gasteiger partial charge in [0.1, 0.15) is 11.6 Å². The quantitative estimate of drug-likeness (QED) is 0.302. The molecule has 206 valence electrons. The first-order valence-corrected chi connectivity index (χ1v) is 13.5. The van der Waals surface area contributed by atoms with Crippen molar-refractivity contribution in [2.75, 3.05) is 19.6 Å². The normalized spacial score (nSPS) is 12.2. The van der Waals surface area contributed by atoms with E-state index in [2.05, 4.69) is 21.2 Å². The number of hydrogen-bond donors (Lipinski definition) is 3. The molecule has 0 aliphatic carbocycles. The maximum Gasteiger partial charge on any atom is 0.253 e. The minimum absolute atomic E-state index is 0.0443. The van der Waals surface area contributed by atoms with Crippen LogP contribution in [0.15, 0.2) is 40.9 Å². The molecule has 0 radical (unpaired) electrons. The summed E-state index contributed by atoms with van der Waals surface area (Å²) < 4.78 is 25.0. The molecule has 0 aliphatic rings. The molecule has 2 amide bonds. The molecule has 37 heavy (non-hydrogen) atoms. The van der Waals surface area contributed by atoms with Crippen LogP contribution in [0.5, 0.6) is 0 Å². The van der Waals surface area contributed by atoms with Crippen molar-refractivity contribution >= 4 is 27.7 Å². The molecule has 2 rings (SSSR count). The van der Waals surface area contributed by atoms with E-state index in [1.54, 1.807) is 30.0 Å². The lowest BCUT2D eigenvalue weighted by molar-refractivity contribution is 0.0143. The van der Waals surface area contributed by atoms with Crippen LogP contribution in [-0.4, -0.2) is 58.8 Å². The van der Waals surface area contributed by atoms with Gasteiger partial charge >= 0.3 is 0 Å². The van der Waals surface area contributed by atoms with Crippen molar-refractivity contribution in [3.8, 4) is 0 Å². The molecule has 2 atom stereocenters. The summed E-state index contributed by atoms with van der Waals surface area (Å²) in [5, 5.41) is 22.5. The number of hydrogen-bond acceptors (Lipinski definition) is 4. The third kappa shape index (κ3) is 12.2. The molecule has 0 saturated carbocycles. The van der Waals surface area contributed by atoms with Crippen molar-refractivity contribution < 1.29 is 28.6 Å². The van der Waals surface area contributed by atoms with Crippen LogP contribution in [-0.2, 0) is 0 Å². The largest absolute Gasteiger partial charge is 0.390 e. The first kappa shape index (κ1) is 32.7. The van der Waals surface area contributed by atoms with E-state index in [4.69, 9.17) is 0 Å². The standard InChI is InChI=1S/C21H33BrN2O4.C7H6F2/c1-4-7-8-18(25)19(26)14-23-20(27)15-11-16(13-17(22)12-15)21(28)24(9-5-2)10-6-3;1-5-2-6(8)4-7(9)3-5/h11-13,18-19,25-26H,4-10,14H2,1-3H3,(H,23,27);2-4H,1H3. The summed E-state index contributed by atoms with van der Waals surface area (Å²) in [5.41, 5.74) is 1.39. The Hall–Kier alpha value is -2.36. The average Bonchev–Trinajstić information content (AvgIpc) is 2.84. The van der Waals surface area contributed by atoms with Crippen LogP contribution in [0.3, 0.4) is 0 Å². The molecule has 0 heterocycles. The van der Waals surface area contributed by atoms with E-state index in [0.717, 1.165) is 31.7 Å². The van der Waals surface area contributed by atoms with Crippen LogP contribution in [0, 0.1) is 18.6 Å². The maximum absolute atomic E-state index is 12.8. The molecule has 0 aromatic heterocycles. The number of amides is 2. The van der Waals surface area contributed by atoms with Gasteiger partial charge in [0.05, 0.1) is 12.2 Å². The van der Waals surface area contributed by atoms with E-state index < -0.39 is 29.7 Å². The number of carbonyl (C=O) groups excluding carboxylic acids is 2. The van der Waals surface area contributed by atoms with Crippen molar-refractivity contribution in [2.24, 2.45) is 0 Å². The van der Waals surface area contributed by atoms with Gasteiger partial charge in [-0.3, -0.25) is 9.59 Å². The molecule has 2 aromatic rings. The summed E-state index contributed by atoms with van der Waals surface area (Å²) in [5.74, 6) is -1.54. The second-order valence-electron chi connectivity index (χ2n) is 8.95. The zero-order chi connectivity index (χ0) is 28.0. The van der Waals surface area contributed by atoms with Crippen LogP contribution in [0.1, 0.15) is 79.2 Å². The van der Waals surface area contributed by atoms with Gasteiger partial charge in [0, 0.05) is 41.3 Å². The van der Waals surface area contributed by atoms with E-state index >= 15 is 0 Å².